The molecule has 1 aliphatic rings. The van der Waals surface area contributed by atoms with Crippen molar-refractivity contribution >= 4 is 34.0 Å². The zero-order valence-electron chi connectivity index (χ0n) is 16.3. The van der Waals surface area contributed by atoms with Gasteiger partial charge >= 0.3 is 0 Å². The first kappa shape index (κ1) is 18.8. The average molecular weight is 419 g/mol. The van der Waals surface area contributed by atoms with Crippen LogP contribution in [0.5, 0.6) is 0 Å². The lowest BCUT2D eigenvalue weighted by molar-refractivity contribution is 0.624. The summed E-state index contributed by atoms with van der Waals surface area (Å²) in [4.78, 5) is 14.3. The number of hydrogen-bond donors (Lipinski definition) is 0. The smallest absolute Gasteiger partial charge is 0.162 e. The van der Waals surface area contributed by atoms with Crippen molar-refractivity contribution in [1.82, 2.24) is 9.97 Å². The van der Waals surface area contributed by atoms with Gasteiger partial charge < -0.3 is 9.80 Å². The Labute approximate surface area is 179 Å². The number of benzene rings is 3. The van der Waals surface area contributed by atoms with Crippen molar-refractivity contribution < 1.29 is 4.39 Å². The molecule has 0 aliphatic carbocycles. The molecule has 150 valence electrons. The van der Waals surface area contributed by atoms with E-state index in [0.29, 0.717) is 10.8 Å². The first-order chi connectivity index (χ1) is 14.7. The van der Waals surface area contributed by atoms with Gasteiger partial charge in [-0.25, -0.2) is 14.4 Å². The zero-order valence-corrected chi connectivity index (χ0v) is 17.1. The van der Waals surface area contributed by atoms with Crippen LogP contribution in [-0.2, 0) is 0 Å². The number of rotatable bonds is 3. The molecular weight excluding hydrogens is 399 g/mol. The fourth-order valence-corrected chi connectivity index (χ4v) is 3.98. The summed E-state index contributed by atoms with van der Waals surface area (Å²) in [6.45, 7) is 3.36. The van der Waals surface area contributed by atoms with Crippen LogP contribution in [0, 0.1) is 5.82 Å². The fourth-order valence-electron chi connectivity index (χ4n) is 3.86. The van der Waals surface area contributed by atoms with Gasteiger partial charge in [0.1, 0.15) is 11.6 Å². The van der Waals surface area contributed by atoms with Gasteiger partial charge in [-0.3, -0.25) is 0 Å². The molecule has 2 heterocycles. The topological polar surface area (TPSA) is 32.3 Å². The van der Waals surface area contributed by atoms with Crippen molar-refractivity contribution in [3.63, 3.8) is 0 Å². The highest BCUT2D eigenvalue weighted by molar-refractivity contribution is 6.30. The van der Waals surface area contributed by atoms with Crippen LogP contribution in [0.1, 0.15) is 0 Å². The minimum absolute atomic E-state index is 0.209. The molecule has 30 heavy (non-hydrogen) atoms. The zero-order chi connectivity index (χ0) is 20.5. The van der Waals surface area contributed by atoms with E-state index in [9.17, 15) is 4.39 Å². The number of fused-ring (bicyclic) bond motifs is 1. The third-order valence-corrected chi connectivity index (χ3v) is 5.71. The predicted octanol–water partition coefficient (Wildman–Crippen LogP) is 5.42. The van der Waals surface area contributed by atoms with E-state index < -0.39 is 0 Å². The van der Waals surface area contributed by atoms with Gasteiger partial charge in [0.2, 0.25) is 0 Å². The van der Waals surface area contributed by atoms with Crippen molar-refractivity contribution in [2.24, 2.45) is 0 Å². The van der Waals surface area contributed by atoms with E-state index in [-0.39, 0.29) is 5.82 Å². The molecule has 3 aromatic carbocycles. The Hall–Kier alpha value is -3.18. The van der Waals surface area contributed by atoms with Crippen LogP contribution < -0.4 is 9.80 Å². The lowest BCUT2D eigenvalue weighted by atomic mass is 10.1. The molecule has 0 spiro atoms. The molecule has 0 amide bonds. The molecule has 0 radical (unpaired) electrons. The largest absolute Gasteiger partial charge is 0.368 e. The molecular formula is C24H20ClFN4. The minimum atomic E-state index is -0.209. The maximum atomic E-state index is 13.2. The molecule has 0 atom stereocenters. The number of aromatic nitrogens is 2. The molecule has 4 aromatic rings. The Bertz CT molecular complexity index is 1170. The Morgan fingerprint density at radius 1 is 0.733 bits per heavy atom. The van der Waals surface area contributed by atoms with Gasteiger partial charge in [-0.2, -0.15) is 0 Å². The molecule has 1 aromatic heterocycles. The van der Waals surface area contributed by atoms with E-state index in [1.807, 2.05) is 54.6 Å². The number of anilines is 2. The summed E-state index contributed by atoms with van der Waals surface area (Å²) in [6.07, 6.45) is 0. The summed E-state index contributed by atoms with van der Waals surface area (Å²) in [7, 11) is 0. The average Bonchev–Trinajstić information content (AvgIpc) is 2.79. The monoisotopic (exact) mass is 418 g/mol. The molecule has 4 nitrogen and oxygen atoms in total. The molecule has 6 heteroatoms. The number of para-hydroxylation sites is 1. The Balaban J connectivity index is 1.46. The Morgan fingerprint density at radius 3 is 2.13 bits per heavy atom. The Kier molecular flexibility index (Phi) is 4.97. The number of piperazine rings is 1. The van der Waals surface area contributed by atoms with Gasteiger partial charge in [-0.05, 0) is 60.7 Å². The predicted molar refractivity (Wildman–Crippen MR) is 121 cm³/mol. The summed E-state index contributed by atoms with van der Waals surface area (Å²) >= 11 is 6.05. The third-order valence-electron chi connectivity index (χ3n) is 5.46. The van der Waals surface area contributed by atoms with Gasteiger partial charge in [0, 0.05) is 47.8 Å². The molecule has 1 saturated heterocycles. The van der Waals surface area contributed by atoms with Crippen molar-refractivity contribution in [2.75, 3.05) is 36.0 Å². The van der Waals surface area contributed by atoms with Crippen LogP contribution in [0.15, 0.2) is 72.8 Å². The van der Waals surface area contributed by atoms with Crippen molar-refractivity contribution in [3.8, 4) is 11.4 Å². The highest BCUT2D eigenvalue weighted by Gasteiger charge is 2.21. The molecule has 0 unspecified atom stereocenters. The second-order valence-electron chi connectivity index (χ2n) is 7.35. The van der Waals surface area contributed by atoms with Gasteiger partial charge in [-0.1, -0.05) is 23.7 Å². The summed E-state index contributed by atoms with van der Waals surface area (Å²) in [5, 5.41) is 1.74. The van der Waals surface area contributed by atoms with Crippen LogP contribution in [0.4, 0.5) is 15.9 Å². The summed E-state index contributed by atoms with van der Waals surface area (Å²) < 4.78 is 13.2. The standard InChI is InChI=1S/C24H20ClFN4/c25-18-7-5-17(6-8-18)23-27-22-4-2-1-3-21(22)24(28-23)30-15-13-29(14-16-30)20-11-9-19(26)10-12-20/h1-12H,13-16H2. The van der Waals surface area contributed by atoms with Gasteiger partial charge in [0.15, 0.2) is 5.82 Å². The quantitative estimate of drug-likeness (QED) is 0.445. The Morgan fingerprint density at radius 2 is 1.40 bits per heavy atom. The third kappa shape index (κ3) is 3.68. The second kappa shape index (κ2) is 7.92. The SMILES string of the molecule is Fc1ccc(N2CCN(c3nc(-c4ccc(Cl)cc4)nc4ccccc34)CC2)cc1. The normalized spacial score (nSPS) is 14.3. The fraction of sp³-hybridized carbons (Fsp3) is 0.167. The van der Waals surface area contributed by atoms with Crippen LogP contribution >= 0.6 is 11.6 Å². The second-order valence-corrected chi connectivity index (χ2v) is 7.78. The molecule has 0 N–H and O–H groups in total. The number of hydrogen-bond acceptors (Lipinski definition) is 4. The highest BCUT2D eigenvalue weighted by atomic mass is 35.5. The molecule has 1 aliphatic heterocycles. The minimum Gasteiger partial charge on any atom is -0.368 e. The van der Waals surface area contributed by atoms with Gasteiger partial charge in [0.25, 0.3) is 0 Å². The van der Waals surface area contributed by atoms with Crippen LogP contribution in [0.2, 0.25) is 5.02 Å². The summed E-state index contributed by atoms with van der Waals surface area (Å²) in [6, 6.07) is 22.4. The van der Waals surface area contributed by atoms with Crippen molar-refractivity contribution in [3.05, 3.63) is 83.6 Å². The van der Waals surface area contributed by atoms with E-state index >= 15 is 0 Å². The lowest BCUT2D eigenvalue weighted by Gasteiger charge is -2.37. The molecule has 5 rings (SSSR count). The first-order valence-electron chi connectivity index (χ1n) is 9.95. The van der Waals surface area contributed by atoms with E-state index in [2.05, 4.69) is 15.9 Å². The van der Waals surface area contributed by atoms with E-state index in [0.717, 1.165) is 54.2 Å². The molecule has 0 saturated carbocycles. The first-order valence-corrected chi connectivity index (χ1v) is 10.3. The highest BCUT2D eigenvalue weighted by Crippen LogP contribution is 2.29. The van der Waals surface area contributed by atoms with E-state index in [1.54, 1.807) is 0 Å². The van der Waals surface area contributed by atoms with E-state index in [4.69, 9.17) is 21.6 Å². The van der Waals surface area contributed by atoms with Crippen molar-refractivity contribution in [2.45, 2.75) is 0 Å². The maximum Gasteiger partial charge on any atom is 0.162 e. The summed E-state index contributed by atoms with van der Waals surface area (Å²) in [5.41, 5.74) is 2.91. The van der Waals surface area contributed by atoms with Crippen molar-refractivity contribution in [1.29, 1.82) is 0 Å². The number of halogens is 2. The van der Waals surface area contributed by atoms with Gasteiger partial charge in [0.05, 0.1) is 5.52 Å². The van der Waals surface area contributed by atoms with Gasteiger partial charge in [-0.15, -0.1) is 0 Å². The maximum absolute atomic E-state index is 13.2. The van der Waals surface area contributed by atoms with Crippen LogP contribution in [0.3, 0.4) is 0 Å². The molecule has 1 fully saturated rings. The van der Waals surface area contributed by atoms with Crippen LogP contribution in [0.25, 0.3) is 22.3 Å². The summed E-state index contributed by atoms with van der Waals surface area (Å²) in [5.74, 6) is 1.44. The van der Waals surface area contributed by atoms with Crippen LogP contribution in [-0.4, -0.2) is 36.1 Å². The molecule has 0 bridgehead atoms. The van der Waals surface area contributed by atoms with E-state index in [1.165, 1.54) is 12.1 Å². The number of nitrogens with zero attached hydrogens (tertiary/aromatic N) is 4. The lowest BCUT2D eigenvalue weighted by Crippen LogP contribution is -2.47.